The van der Waals surface area contributed by atoms with Crippen molar-refractivity contribution in [1.29, 1.82) is 5.41 Å². The second kappa shape index (κ2) is 9.01. The van der Waals surface area contributed by atoms with E-state index in [-0.39, 0.29) is 34.8 Å². The number of hydrogen-bond donors (Lipinski definition) is 2. The van der Waals surface area contributed by atoms with Crippen LogP contribution in [0, 0.1) is 11.3 Å². The van der Waals surface area contributed by atoms with Crippen molar-refractivity contribution in [2.45, 2.75) is 78.1 Å². The number of benzene rings is 1. The third-order valence-corrected chi connectivity index (χ3v) is 7.41. The van der Waals surface area contributed by atoms with E-state index in [0.717, 1.165) is 30.5 Å². The third-order valence-electron chi connectivity index (χ3n) is 6.45. The van der Waals surface area contributed by atoms with Crippen molar-refractivity contribution in [3.05, 3.63) is 51.2 Å². The number of phenolic OH excluding ortho intramolecular Hbond substituents is 1. The number of phenols is 1. The molecule has 3 rings (SSSR count). The first-order chi connectivity index (χ1) is 14.8. The van der Waals surface area contributed by atoms with Crippen LogP contribution in [0.15, 0.2) is 29.6 Å². The van der Waals surface area contributed by atoms with Crippen LogP contribution in [0.3, 0.4) is 0 Å². The molecule has 2 aromatic rings. The van der Waals surface area contributed by atoms with Crippen LogP contribution in [0.5, 0.6) is 5.75 Å². The van der Waals surface area contributed by atoms with E-state index < -0.39 is 0 Å². The molecule has 1 aromatic carbocycles. The molecule has 0 unspecified atom stereocenters. The molecule has 0 bridgehead atoms. The van der Waals surface area contributed by atoms with E-state index in [2.05, 4.69) is 59.9 Å². The van der Waals surface area contributed by atoms with Gasteiger partial charge in [-0.3, -0.25) is 10.2 Å². The molecule has 2 N–H and O–H groups in total. The molecule has 0 saturated carbocycles. The molecular formula is C27H38N2O2S. The smallest absolute Gasteiger partial charge is 0.182 e. The summed E-state index contributed by atoms with van der Waals surface area (Å²) in [6.07, 6.45) is 2.13. The Kier molecular flexibility index (Phi) is 6.90. The molecule has 5 heteroatoms. The number of nitrogens with zero attached hydrogens (tertiary/aromatic N) is 1. The zero-order chi connectivity index (χ0) is 23.8. The topological polar surface area (TPSA) is 64.4 Å². The second-order valence-corrected chi connectivity index (χ2v) is 12.1. The van der Waals surface area contributed by atoms with Crippen molar-refractivity contribution in [2.24, 2.45) is 5.92 Å². The monoisotopic (exact) mass is 454 g/mol. The Hall–Kier alpha value is -2.14. The number of Topliss-reactive ketones (excluding diaryl/α,β-unsaturated/α-hetero) is 1. The van der Waals surface area contributed by atoms with E-state index in [1.165, 1.54) is 4.88 Å². The number of aromatic hydroxyl groups is 1. The minimum Gasteiger partial charge on any atom is -0.507 e. The number of rotatable bonds is 6. The van der Waals surface area contributed by atoms with Crippen molar-refractivity contribution in [3.63, 3.8) is 0 Å². The summed E-state index contributed by atoms with van der Waals surface area (Å²) in [7, 11) is 0. The van der Waals surface area contributed by atoms with Gasteiger partial charge >= 0.3 is 0 Å². The first kappa shape index (κ1) is 24.5. The summed E-state index contributed by atoms with van der Waals surface area (Å²) in [5.74, 6) is 1.31. The van der Waals surface area contributed by atoms with Crippen LogP contribution in [0.25, 0.3) is 0 Å². The molecular weight excluding hydrogens is 416 g/mol. The van der Waals surface area contributed by atoms with Gasteiger partial charge in [0.15, 0.2) is 5.78 Å². The Labute approximate surface area is 197 Å². The lowest BCUT2D eigenvalue weighted by Gasteiger charge is -2.28. The SMILES string of the molecule is CCC[C@H]1CN(CC(=O)c2cc(C(C)(C)C)c(O)c(C(C)(C)C)c2)C(=N)[C@@H]1c1cccs1. The van der Waals surface area contributed by atoms with Crippen LogP contribution < -0.4 is 0 Å². The van der Waals surface area contributed by atoms with Gasteiger partial charge in [-0.05, 0) is 46.7 Å². The van der Waals surface area contributed by atoms with Crippen molar-refractivity contribution in [3.8, 4) is 5.75 Å². The maximum atomic E-state index is 13.5. The molecule has 2 atom stereocenters. The molecule has 2 heterocycles. The molecule has 4 nitrogen and oxygen atoms in total. The van der Waals surface area contributed by atoms with Crippen molar-refractivity contribution in [1.82, 2.24) is 4.90 Å². The number of amidine groups is 1. The van der Waals surface area contributed by atoms with Crippen molar-refractivity contribution >= 4 is 23.0 Å². The Balaban J connectivity index is 1.92. The van der Waals surface area contributed by atoms with Gasteiger partial charge in [-0.15, -0.1) is 11.3 Å². The lowest BCUT2D eigenvalue weighted by Crippen LogP contribution is -2.32. The summed E-state index contributed by atoms with van der Waals surface area (Å²) >= 11 is 1.70. The van der Waals surface area contributed by atoms with Gasteiger partial charge in [0, 0.05) is 28.1 Å². The average molecular weight is 455 g/mol. The van der Waals surface area contributed by atoms with Gasteiger partial charge in [0.1, 0.15) is 11.6 Å². The van der Waals surface area contributed by atoms with Gasteiger partial charge < -0.3 is 10.0 Å². The van der Waals surface area contributed by atoms with E-state index >= 15 is 0 Å². The molecule has 1 aliphatic heterocycles. The number of ketones is 1. The number of likely N-dealkylation sites (tertiary alicyclic amines) is 1. The van der Waals surface area contributed by atoms with Crippen LogP contribution in [0.2, 0.25) is 0 Å². The molecule has 0 radical (unpaired) electrons. The predicted octanol–water partition coefficient (Wildman–Crippen LogP) is 6.72. The van der Waals surface area contributed by atoms with E-state index in [1.54, 1.807) is 11.3 Å². The number of thiophene rings is 1. The number of carbonyl (C=O) groups is 1. The van der Waals surface area contributed by atoms with Gasteiger partial charge in [-0.1, -0.05) is 61.0 Å². The van der Waals surface area contributed by atoms with Crippen molar-refractivity contribution in [2.75, 3.05) is 13.1 Å². The van der Waals surface area contributed by atoms with Gasteiger partial charge in [-0.2, -0.15) is 0 Å². The fraction of sp³-hybridized carbons (Fsp3) is 0.556. The number of carbonyl (C=O) groups excluding carboxylic acids is 1. The van der Waals surface area contributed by atoms with E-state index in [0.29, 0.717) is 17.3 Å². The van der Waals surface area contributed by atoms with E-state index in [1.807, 2.05) is 23.1 Å². The van der Waals surface area contributed by atoms with Crippen LogP contribution in [0.4, 0.5) is 0 Å². The zero-order valence-electron chi connectivity index (χ0n) is 20.6. The highest BCUT2D eigenvalue weighted by Crippen LogP contribution is 2.41. The zero-order valence-corrected chi connectivity index (χ0v) is 21.4. The first-order valence-electron chi connectivity index (χ1n) is 11.6. The number of hydrogen-bond acceptors (Lipinski definition) is 4. The maximum Gasteiger partial charge on any atom is 0.182 e. The third kappa shape index (κ3) is 4.93. The first-order valence-corrected chi connectivity index (χ1v) is 12.5. The van der Waals surface area contributed by atoms with E-state index in [9.17, 15) is 9.90 Å². The van der Waals surface area contributed by atoms with Crippen LogP contribution in [-0.2, 0) is 10.8 Å². The highest BCUT2D eigenvalue weighted by molar-refractivity contribution is 7.10. The average Bonchev–Trinajstić information content (AvgIpc) is 3.29. The summed E-state index contributed by atoms with van der Waals surface area (Å²) in [5, 5.41) is 21.9. The van der Waals surface area contributed by atoms with Crippen molar-refractivity contribution < 1.29 is 9.90 Å². The molecule has 0 spiro atoms. The van der Waals surface area contributed by atoms with Gasteiger partial charge in [-0.25, -0.2) is 0 Å². The number of nitrogens with one attached hydrogen (secondary N) is 1. The molecule has 0 aliphatic carbocycles. The maximum absolute atomic E-state index is 13.5. The Morgan fingerprint density at radius 1 is 1.16 bits per heavy atom. The van der Waals surface area contributed by atoms with Crippen LogP contribution in [-0.4, -0.2) is 34.7 Å². The summed E-state index contributed by atoms with van der Waals surface area (Å²) < 4.78 is 0. The van der Waals surface area contributed by atoms with Crippen LogP contribution in [0.1, 0.15) is 93.6 Å². The molecule has 1 aromatic heterocycles. The largest absolute Gasteiger partial charge is 0.507 e. The summed E-state index contributed by atoms with van der Waals surface area (Å²) in [6.45, 7) is 15.5. The fourth-order valence-corrected chi connectivity index (χ4v) is 5.65. The highest BCUT2D eigenvalue weighted by Gasteiger charge is 2.39. The molecule has 0 amide bonds. The fourth-order valence-electron chi connectivity index (χ4n) is 4.72. The Bertz CT molecular complexity index is 945. The molecule has 1 saturated heterocycles. The summed E-state index contributed by atoms with van der Waals surface area (Å²) in [4.78, 5) is 16.6. The lowest BCUT2D eigenvalue weighted by atomic mass is 9.78. The Morgan fingerprint density at radius 3 is 2.22 bits per heavy atom. The highest BCUT2D eigenvalue weighted by atomic mass is 32.1. The summed E-state index contributed by atoms with van der Waals surface area (Å²) in [5.41, 5.74) is 1.65. The standard InChI is InChI=1S/C27H38N2O2S/c1-8-10-17-15-29(25(28)23(17)22-11-9-12-32-22)16-21(30)18-13-19(26(2,3)4)24(31)20(14-18)27(5,6)7/h9,11-14,17,23,28,31H,8,10,15-16H2,1-7H3/t17-,23-/m0/s1. The normalized spacial score (nSPS) is 19.6. The molecule has 174 valence electrons. The lowest BCUT2D eigenvalue weighted by molar-refractivity contribution is 0.0963. The van der Waals surface area contributed by atoms with Gasteiger partial charge in [0.05, 0.1) is 12.5 Å². The molecule has 1 aliphatic rings. The quantitative estimate of drug-likeness (QED) is 0.476. The second-order valence-electron chi connectivity index (χ2n) is 11.2. The minimum absolute atomic E-state index is 0.00725. The molecule has 1 fully saturated rings. The summed E-state index contributed by atoms with van der Waals surface area (Å²) in [6, 6.07) is 7.87. The predicted molar refractivity (Wildman–Crippen MR) is 135 cm³/mol. The molecule has 32 heavy (non-hydrogen) atoms. The van der Waals surface area contributed by atoms with Gasteiger partial charge in [0.25, 0.3) is 0 Å². The Morgan fingerprint density at radius 2 is 1.75 bits per heavy atom. The van der Waals surface area contributed by atoms with Gasteiger partial charge in [0.2, 0.25) is 0 Å². The minimum atomic E-state index is -0.281. The van der Waals surface area contributed by atoms with Crippen LogP contribution >= 0.6 is 11.3 Å². The van der Waals surface area contributed by atoms with E-state index in [4.69, 9.17) is 5.41 Å².